The standard InChI is InChI=1S/C31H45N5O5/c1-30(2,3)29(39)41-35-17-11-21(12-18-35)7-8-22-9-10-25-24(19-22)27(28(32)38)33-36(25)23-13-15-34(16-14-23)20-26(37)40-31(4,5)6/h7-10,19,21,23H,11-18,20H2,1-6H3,(H2,32,38)/b8-7+. The molecule has 0 radical (unpaired) electrons. The highest BCUT2D eigenvalue weighted by molar-refractivity contribution is 6.04. The van der Waals surface area contributed by atoms with E-state index in [1.54, 1.807) is 5.06 Å². The quantitative estimate of drug-likeness (QED) is 0.491. The second-order valence-corrected chi connectivity index (χ2v) is 13.3. The molecule has 224 valence electrons. The zero-order chi connectivity index (χ0) is 29.9. The first-order valence-corrected chi connectivity index (χ1v) is 14.6. The monoisotopic (exact) mass is 567 g/mol. The van der Waals surface area contributed by atoms with Gasteiger partial charge in [-0.2, -0.15) is 5.10 Å². The molecule has 2 aliphatic rings. The largest absolute Gasteiger partial charge is 0.459 e. The van der Waals surface area contributed by atoms with Crippen molar-refractivity contribution in [1.82, 2.24) is 19.7 Å². The van der Waals surface area contributed by atoms with E-state index in [9.17, 15) is 14.4 Å². The summed E-state index contributed by atoms with van der Waals surface area (Å²) in [6.45, 7) is 14.3. The number of aromatic nitrogens is 2. The van der Waals surface area contributed by atoms with Crippen LogP contribution in [-0.2, 0) is 19.2 Å². The number of nitrogens with two attached hydrogens (primary N) is 1. The van der Waals surface area contributed by atoms with Gasteiger partial charge in [0.2, 0.25) is 0 Å². The highest BCUT2D eigenvalue weighted by atomic mass is 16.7. The van der Waals surface area contributed by atoms with E-state index in [1.165, 1.54) is 0 Å². The van der Waals surface area contributed by atoms with Crippen molar-refractivity contribution in [2.75, 3.05) is 32.7 Å². The number of allylic oxidation sites excluding steroid dienone is 1. The lowest BCUT2D eigenvalue weighted by atomic mass is 9.96. The molecule has 0 unspecified atom stereocenters. The number of carbonyl (C=O) groups is 3. The summed E-state index contributed by atoms with van der Waals surface area (Å²) in [6.07, 6.45) is 7.68. The number of amides is 1. The number of carbonyl (C=O) groups excluding carboxylic acids is 3. The smallest absolute Gasteiger partial charge is 0.330 e. The Balaban J connectivity index is 1.39. The van der Waals surface area contributed by atoms with Crippen LogP contribution >= 0.6 is 0 Å². The van der Waals surface area contributed by atoms with Gasteiger partial charge >= 0.3 is 11.9 Å². The molecule has 41 heavy (non-hydrogen) atoms. The first-order chi connectivity index (χ1) is 19.2. The van der Waals surface area contributed by atoms with Gasteiger partial charge in [-0.25, -0.2) is 4.79 Å². The molecule has 0 saturated carbocycles. The number of rotatable bonds is 7. The fraction of sp³-hybridized carbons (Fsp3) is 0.613. The van der Waals surface area contributed by atoms with Crippen molar-refractivity contribution in [3.05, 3.63) is 35.5 Å². The summed E-state index contributed by atoms with van der Waals surface area (Å²) in [7, 11) is 0. The minimum absolute atomic E-state index is 0.111. The number of hydroxylamine groups is 2. The van der Waals surface area contributed by atoms with Crippen molar-refractivity contribution in [2.45, 2.75) is 78.9 Å². The molecule has 2 aromatic rings. The number of likely N-dealkylation sites (tertiary alicyclic amines) is 1. The number of esters is 1. The zero-order valence-corrected chi connectivity index (χ0v) is 25.3. The van der Waals surface area contributed by atoms with Crippen LogP contribution in [0.1, 0.15) is 89.3 Å². The molecule has 1 aromatic heterocycles. The van der Waals surface area contributed by atoms with Crippen molar-refractivity contribution >= 4 is 34.8 Å². The lowest BCUT2D eigenvalue weighted by Gasteiger charge is -2.32. The van der Waals surface area contributed by atoms with Gasteiger partial charge in [0.1, 0.15) is 5.60 Å². The van der Waals surface area contributed by atoms with Crippen LogP contribution < -0.4 is 5.73 Å². The summed E-state index contributed by atoms with van der Waals surface area (Å²) in [5, 5.41) is 7.16. The minimum Gasteiger partial charge on any atom is -0.459 e. The van der Waals surface area contributed by atoms with Gasteiger partial charge < -0.3 is 15.3 Å². The van der Waals surface area contributed by atoms with E-state index in [0.717, 1.165) is 55.2 Å². The molecule has 4 rings (SSSR count). The summed E-state index contributed by atoms with van der Waals surface area (Å²) in [6, 6.07) is 6.14. The Bertz CT molecular complexity index is 1290. The van der Waals surface area contributed by atoms with Crippen LogP contribution in [0.4, 0.5) is 0 Å². The highest BCUT2D eigenvalue weighted by Crippen LogP contribution is 2.30. The van der Waals surface area contributed by atoms with Crippen molar-refractivity contribution < 1.29 is 24.0 Å². The SMILES string of the molecule is CC(C)(C)OC(=O)CN1CCC(n2nc(C(N)=O)c3cc(/C=C/C4CCN(OC(=O)C(C)(C)C)CC4)ccc32)CC1. The second kappa shape index (κ2) is 12.3. The first-order valence-electron chi connectivity index (χ1n) is 14.6. The van der Waals surface area contributed by atoms with Crippen molar-refractivity contribution in [2.24, 2.45) is 17.1 Å². The average Bonchev–Trinajstić information content (AvgIpc) is 3.26. The molecule has 2 saturated heterocycles. The normalized spacial score (nSPS) is 18.7. The van der Waals surface area contributed by atoms with E-state index < -0.39 is 16.9 Å². The van der Waals surface area contributed by atoms with Gasteiger partial charge in [-0.1, -0.05) is 18.2 Å². The van der Waals surface area contributed by atoms with Crippen LogP contribution in [-0.4, -0.2) is 75.9 Å². The molecule has 1 aromatic carbocycles. The number of hydrogen-bond donors (Lipinski definition) is 1. The molecule has 0 aliphatic carbocycles. The van der Waals surface area contributed by atoms with Gasteiger partial charge in [-0.15, -0.1) is 5.06 Å². The van der Waals surface area contributed by atoms with Crippen molar-refractivity contribution in [3.63, 3.8) is 0 Å². The molecule has 1 amide bonds. The van der Waals surface area contributed by atoms with E-state index in [1.807, 2.05) is 64.4 Å². The molecule has 0 atom stereocenters. The van der Waals surface area contributed by atoms with Crippen LogP contribution in [0.25, 0.3) is 17.0 Å². The summed E-state index contributed by atoms with van der Waals surface area (Å²) >= 11 is 0. The average molecular weight is 568 g/mol. The van der Waals surface area contributed by atoms with E-state index in [-0.39, 0.29) is 30.2 Å². The van der Waals surface area contributed by atoms with E-state index in [4.69, 9.17) is 15.3 Å². The molecule has 3 heterocycles. The van der Waals surface area contributed by atoms with E-state index in [0.29, 0.717) is 19.0 Å². The van der Waals surface area contributed by atoms with Crippen LogP contribution in [0, 0.1) is 11.3 Å². The Morgan fingerprint density at radius 1 is 1.00 bits per heavy atom. The molecule has 10 nitrogen and oxygen atoms in total. The van der Waals surface area contributed by atoms with Crippen LogP contribution in [0.2, 0.25) is 0 Å². The Hall–Kier alpha value is -3.24. The molecule has 2 fully saturated rings. The van der Waals surface area contributed by atoms with E-state index in [2.05, 4.69) is 22.2 Å². The Labute approximate surface area is 242 Å². The van der Waals surface area contributed by atoms with Crippen LogP contribution in [0.3, 0.4) is 0 Å². The fourth-order valence-corrected chi connectivity index (χ4v) is 5.26. The van der Waals surface area contributed by atoms with Crippen molar-refractivity contribution in [3.8, 4) is 0 Å². The Morgan fingerprint density at radius 2 is 1.66 bits per heavy atom. The highest BCUT2D eigenvalue weighted by Gasteiger charge is 2.29. The Kier molecular flexibility index (Phi) is 9.23. The number of ether oxygens (including phenoxy) is 1. The number of primary amides is 1. The van der Waals surface area contributed by atoms with E-state index >= 15 is 0 Å². The fourth-order valence-electron chi connectivity index (χ4n) is 5.26. The maximum Gasteiger partial charge on any atom is 0.330 e. The van der Waals surface area contributed by atoms with Gasteiger partial charge in [0.05, 0.1) is 23.5 Å². The lowest BCUT2D eigenvalue weighted by molar-refractivity contribution is -0.205. The summed E-state index contributed by atoms with van der Waals surface area (Å²) < 4.78 is 7.40. The number of hydrogen-bond acceptors (Lipinski definition) is 8. The van der Waals surface area contributed by atoms with Gasteiger partial charge in [-0.05, 0) is 90.8 Å². The third-order valence-corrected chi connectivity index (χ3v) is 7.52. The lowest BCUT2D eigenvalue weighted by Crippen LogP contribution is -2.40. The summed E-state index contributed by atoms with van der Waals surface area (Å²) in [4.78, 5) is 44.4. The third kappa shape index (κ3) is 8.16. The molecular formula is C31H45N5O5. The van der Waals surface area contributed by atoms with Gasteiger partial charge in [0.25, 0.3) is 5.91 Å². The molecular weight excluding hydrogens is 522 g/mol. The molecule has 2 aliphatic heterocycles. The first kappa shape index (κ1) is 30.7. The summed E-state index contributed by atoms with van der Waals surface area (Å²) in [5.74, 6) is -0.600. The van der Waals surface area contributed by atoms with Crippen LogP contribution in [0.5, 0.6) is 0 Å². The number of benzene rings is 1. The number of fused-ring (bicyclic) bond motifs is 1. The van der Waals surface area contributed by atoms with Gasteiger partial charge in [-0.3, -0.25) is 19.2 Å². The van der Waals surface area contributed by atoms with Gasteiger partial charge in [0, 0.05) is 31.6 Å². The second-order valence-electron chi connectivity index (χ2n) is 13.3. The van der Waals surface area contributed by atoms with Crippen LogP contribution in [0.15, 0.2) is 24.3 Å². The van der Waals surface area contributed by atoms with Gasteiger partial charge in [0.15, 0.2) is 5.69 Å². The molecule has 0 bridgehead atoms. The maximum absolute atomic E-state index is 12.3. The summed E-state index contributed by atoms with van der Waals surface area (Å²) in [5.41, 5.74) is 6.86. The number of piperidine rings is 2. The maximum atomic E-state index is 12.3. The predicted octanol–water partition coefficient (Wildman–Crippen LogP) is 4.34. The zero-order valence-electron chi connectivity index (χ0n) is 25.3. The molecule has 10 heteroatoms. The molecule has 0 spiro atoms. The topological polar surface area (TPSA) is 120 Å². The predicted molar refractivity (Wildman–Crippen MR) is 158 cm³/mol. The molecule has 2 N–H and O–H groups in total. The Morgan fingerprint density at radius 3 is 2.24 bits per heavy atom. The minimum atomic E-state index is -0.547. The third-order valence-electron chi connectivity index (χ3n) is 7.52. The number of nitrogens with zero attached hydrogens (tertiary/aromatic N) is 4. The van der Waals surface area contributed by atoms with Crippen molar-refractivity contribution in [1.29, 1.82) is 0 Å².